The molecule has 0 radical (unpaired) electrons. The van der Waals surface area contributed by atoms with Gasteiger partial charge in [-0.15, -0.1) is 0 Å². The first-order valence-corrected chi connectivity index (χ1v) is 10.4. The quantitative estimate of drug-likeness (QED) is 0.683. The van der Waals surface area contributed by atoms with E-state index in [2.05, 4.69) is 25.2 Å². The number of ether oxygens (including phenoxy) is 1. The third-order valence-electron chi connectivity index (χ3n) is 5.17. The van der Waals surface area contributed by atoms with Gasteiger partial charge in [-0.1, -0.05) is 12.2 Å². The molecule has 162 valence electrons. The first-order chi connectivity index (χ1) is 15.0. The zero-order valence-corrected chi connectivity index (χ0v) is 17.9. The molecule has 0 saturated carbocycles. The molecule has 0 spiro atoms. The van der Waals surface area contributed by atoms with Gasteiger partial charge in [0.25, 0.3) is 5.91 Å². The van der Waals surface area contributed by atoms with E-state index >= 15 is 0 Å². The Balaban J connectivity index is 1.32. The van der Waals surface area contributed by atoms with E-state index in [9.17, 15) is 9.59 Å². The van der Waals surface area contributed by atoms with Gasteiger partial charge in [-0.25, -0.2) is 14.8 Å². The van der Waals surface area contributed by atoms with Crippen molar-refractivity contribution in [3.8, 4) is 0 Å². The summed E-state index contributed by atoms with van der Waals surface area (Å²) in [6.45, 7) is 5.19. The Morgan fingerprint density at radius 1 is 1.19 bits per heavy atom. The maximum Gasteiger partial charge on any atom is 0.414 e. The molecule has 10 nitrogen and oxygen atoms in total. The highest BCUT2D eigenvalue weighted by molar-refractivity contribution is 7.80. The van der Waals surface area contributed by atoms with Crippen LogP contribution in [0.25, 0.3) is 0 Å². The predicted octanol–water partition coefficient (Wildman–Crippen LogP) is 1.10. The van der Waals surface area contributed by atoms with Crippen molar-refractivity contribution in [3.05, 3.63) is 42.6 Å². The second-order valence-corrected chi connectivity index (χ2v) is 7.91. The highest BCUT2D eigenvalue weighted by atomic mass is 32.1. The Labute approximate surface area is 185 Å². The minimum atomic E-state index is -0.389. The van der Waals surface area contributed by atoms with Crippen LogP contribution >= 0.6 is 12.2 Å². The smallest absolute Gasteiger partial charge is 0.414 e. The fraction of sp³-hybridized carbons (Fsp3) is 0.400. The molecule has 0 aromatic carbocycles. The number of anilines is 2. The number of hydrogen-bond acceptors (Lipinski definition) is 8. The summed E-state index contributed by atoms with van der Waals surface area (Å²) in [7, 11) is 0. The first kappa shape index (κ1) is 20.9. The number of pyridine rings is 1. The van der Waals surface area contributed by atoms with Crippen LogP contribution in [0.15, 0.2) is 36.9 Å². The summed E-state index contributed by atoms with van der Waals surface area (Å²) < 4.78 is 5.38. The van der Waals surface area contributed by atoms with Crippen LogP contribution in [0.1, 0.15) is 17.4 Å². The average Bonchev–Trinajstić information content (AvgIpc) is 3.18. The second kappa shape index (κ2) is 9.21. The number of piperazine rings is 1. The lowest BCUT2D eigenvalue weighted by molar-refractivity contribution is 0.0740. The lowest BCUT2D eigenvalue weighted by Crippen LogP contribution is -2.49. The maximum atomic E-state index is 12.5. The third kappa shape index (κ3) is 4.88. The van der Waals surface area contributed by atoms with Crippen LogP contribution in [-0.4, -0.2) is 82.2 Å². The Bertz CT molecular complexity index is 949. The lowest BCUT2D eigenvalue weighted by Gasteiger charge is -2.35. The highest BCUT2D eigenvalue weighted by Crippen LogP contribution is 2.23. The van der Waals surface area contributed by atoms with Crippen molar-refractivity contribution in [2.75, 3.05) is 49.1 Å². The number of thiocarbonyl (C=S) groups is 1. The fourth-order valence-electron chi connectivity index (χ4n) is 3.53. The Morgan fingerprint density at radius 2 is 2.00 bits per heavy atom. The van der Waals surface area contributed by atoms with Gasteiger partial charge >= 0.3 is 6.09 Å². The molecule has 1 atom stereocenters. The van der Waals surface area contributed by atoms with E-state index in [1.54, 1.807) is 29.1 Å². The van der Waals surface area contributed by atoms with Crippen molar-refractivity contribution in [2.45, 2.75) is 13.0 Å². The van der Waals surface area contributed by atoms with Crippen LogP contribution in [0, 0.1) is 0 Å². The van der Waals surface area contributed by atoms with E-state index in [-0.39, 0.29) is 18.1 Å². The molecule has 2 aliphatic rings. The highest BCUT2D eigenvalue weighted by Gasteiger charge is 2.32. The van der Waals surface area contributed by atoms with Crippen molar-refractivity contribution in [2.24, 2.45) is 0 Å². The van der Waals surface area contributed by atoms with Gasteiger partial charge in [-0.2, -0.15) is 0 Å². The molecule has 2 aromatic heterocycles. The minimum Gasteiger partial charge on any atom is -0.442 e. The second-order valence-electron chi connectivity index (χ2n) is 7.30. The zero-order chi connectivity index (χ0) is 21.8. The molecule has 2 fully saturated rings. The summed E-state index contributed by atoms with van der Waals surface area (Å²) in [5.41, 5.74) is 1.04. The topological polar surface area (TPSA) is 104 Å². The van der Waals surface area contributed by atoms with Crippen LogP contribution in [0.3, 0.4) is 0 Å². The summed E-state index contributed by atoms with van der Waals surface area (Å²) >= 11 is 5.00. The first-order valence-electron chi connectivity index (χ1n) is 10.00. The summed E-state index contributed by atoms with van der Waals surface area (Å²) in [5.74, 6) is 0.689. The van der Waals surface area contributed by atoms with Crippen molar-refractivity contribution in [3.63, 3.8) is 0 Å². The number of hydrogen-bond donors (Lipinski definition) is 1. The van der Waals surface area contributed by atoms with Crippen LogP contribution in [0.2, 0.25) is 0 Å². The molecule has 4 rings (SSSR count). The molecule has 2 aliphatic heterocycles. The van der Waals surface area contributed by atoms with Gasteiger partial charge in [-0.3, -0.25) is 14.7 Å². The van der Waals surface area contributed by atoms with Gasteiger partial charge in [0.1, 0.15) is 17.6 Å². The Kier molecular flexibility index (Phi) is 6.21. The number of rotatable bonds is 5. The number of carbonyl (C=O) groups excluding carboxylic acids is 2. The SMILES string of the molecule is CC(=S)NCC1CN(c2ccc(N3CCN(C(=O)c4cnccn4)CC3)nc2)C(=O)O1. The molecule has 0 aliphatic carbocycles. The lowest BCUT2D eigenvalue weighted by atomic mass is 10.2. The predicted molar refractivity (Wildman–Crippen MR) is 118 cm³/mol. The molecule has 4 heterocycles. The van der Waals surface area contributed by atoms with E-state index in [0.717, 1.165) is 5.82 Å². The van der Waals surface area contributed by atoms with E-state index in [1.165, 1.54) is 12.4 Å². The van der Waals surface area contributed by atoms with Crippen LogP contribution in [-0.2, 0) is 4.74 Å². The molecule has 31 heavy (non-hydrogen) atoms. The monoisotopic (exact) mass is 441 g/mol. The molecule has 1 N–H and O–H groups in total. The normalized spacial score (nSPS) is 18.7. The molecule has 0 bridgehead atoms. The van der Waals surface area contributed by atoms with E-state index in [1.807, 2.05) is 12.1 Å². The van der Waals surface area contributed by atoms with Crippen LogP contribution in [0.4, 0.5) is 16.3 Å². The molecule has 11 heteroatoms. The Hall–Kier alpha value is -3.34. The minimum absolute atomic E-state index is 0.114. The number of cyclic esters (lactones) is 1. The summed E-state index contributed by atoms with van der Waals surface area (Å²) in [4.78, 5) is 43.4. The fourth-order valence-corrected chi connectivity index (χ4v) is 3.61. The van der Waals surface area contributed by atoms with Gasteiger partial charge < -0.3 is 19.9 Å². The Morgan fingerprint density at radius 3 is 2.65 bits per heavy atom. The number of carbonyl (C=O) groups is 2. The standard InChI is InChI=1S/C20H23N7O3S/c1-14(31)23-11-16-13-27(20(29)30-16)15-2-3-18(24-10-15)25-6-8-26(9-7-25)19(28)17-12-21-4-5-22-17/h2-5,10,12,16H,6-9,11,13H2,1H3,(H,23,31). The average molecular weight is 442 g/mol. The van der Waals surface area contributed by atoms with Gasteiger partial charge in [-0.05, 0) is 19.1 Å². The largest absolute Gasteiger partial charge is 0.442 e. The van der Waals surface area contributed by atoms with Gasteiger partial charge in [0.2, 0.25) is 0 Å². The summed E-state index contributed by atoms with van der Waals surface area (Å²) in [6, 6.07) is 3.75. The van der Waals surface area contributed by atoms with Gasteiger partial charge in [0.05, 0.1) is 36.2 Å². The molecule has 2 aromatic rings. The van der Waals surface area contributed by atoms with Crippen molar-refractivity contribution in [1.82, 2.24) is 25.2 Å². The van der Waals surface area contributed by atoms with Crippen LogP contribution in [0.5, 0.6) is 0 Å². The molecule has 2 amide bonds. The third-order valence-corrected chi connectivity index (χ3v) is 5.31. The summed E-state index contributed by atoms with van der Waals surface area (Å²) in [6.07, 6.45) is 5.57. The number of aromatic nitrogens is 3. The number of nitrogens with zero attached hydrogens (tertiary/aromatic N) is 6. The van der Waals surface area contributed by atoms with Crippen molar-refractivity contribution < 1.29 is 14.3 Å². The molecule has 2 saturated heterocycles. The van der Waals surface area contributed by atoms with Gasteiger partial charge in [0.15, 0.2) is 0 Å². The molecule has 1 unspecified atom stereocenters. The maximum absolute atomic E-state index is 12.5. The van der Waals surface area contributed by atoms with E-state index in [4.69, 9.17) is 17.0 Å². The van der Waals surface area contributed by atoms with Crippen molar-refractivity contribution >= 4 is 40.7 Å². The number of amides is 2. The summed E-state index contributed by atoms with van der Waals surface area (Å²) in [5, 5.41) is 3.02. The molecular weight excluding hydrogens is 418 g/mol. The van der Waals surface area contributed by atoms with E-state index < -0.39 is 0 Å². The van der Waals surface area contributed by atoms with Crippen molar-refractivity contribution in [1.29, 1.82) is 0 Å². The zero-order valence-electron chi connectivity index (χ0n) is 17.1. The number of nitrogens with one attached hydrogen (secondary N) is 1. The molecular formula is C20H23N7O3S. The van der Waals surface area contributed by atoms with E-state index in [0.29, 0.717) is 55.6 Å². The van der Waals surface area contributed by atoms with Gasteiger partial charge in [0, 0.05) is 38.6 Å². The van der Waals surface area contributed by atoms with Crippen LogP contribution < -0.4 is 15.1 Å².